The highest BCUT2D eigenvalue weighted by Gasteiger charge is 2.10. The van der Waals surface area contributed by atoms with Gasteiger partial charge in [-0.15, -0.1) is 0 Å². The summed E-state index contributed by atoms with van der Waals surface area (Å²) in [6, 6.07) is 5.75. The fourth-order valence-corrected chi connectivity index (χ4v) is 1.90. The van der Waals surface area contributed by atoms with Crippen LogP contribution >= 0.6 is 0 Å². The van der Waals surface area contributed by atoms with Gasteiger partial charge in [0.15, 0.2) is 0 Å². The standard InChI is InChI=1S/C15H23FN2O3/c1-11(17-7-6-14(19)10-21-2)8-15(20)18-13-5-3-4-12(16)9-13/h3-5,9,11,14,17,19H,6-8,10H2,1-2H3,(H,18,20). The van der Waals surface area contributed by atoms with Gasteiger partial charge in [-0.05, 0) is 38.1 Å². The van der Waals surface area contributed by atoms with Crippen LogP contribution in [0.3, 0.4) is 0 Å². The number of hydrogen-bond acceptors (Lipinski definition) is 4. The first kappa shape index (κ1) is 17.6. The molecule has 21 heavy (non-hydrogen) atoms. The third-order valence-electron chi connectivity index (χ3n) is 2.93. The highest BCUT2D eigenvalue weighted by atomic mass is 19.1. The van der Waals surface area contributed by atoms with Crippen molar-refractivity contribution in [3.05, 3.63) is 30.1 Å². The number of carbonyl (C=O) groups excluding carboxylic acids is 1. The number of hydrogen-bond donors (Lipinski definition) is 3. The maximum absolute atomic E-state index is 13.0. The Kier molecular flexibility index (Phi) is 7.89. The van der Waals surface area contributed by atoms with Crippen molar-refractivity contribution >= 4 is 11.6 Å². The average molecular weight is 298 g/mol. The minimum Gasteiger partial charge on any atom is -0.391 e. The highest BCUT2D eigenvalue weighted by Crippen LogP contribution is 2.09. The Labute approximate surface area is 124 Å². The van der Waals surface area contributed by atoms with Crippen molar-refractivity contribution in [2.24, 2.45) is 0 Å². The van der Waals surface area contributed by atoms with Gasteiger partial charge in [0.05, 0.1) is 12.7 Å². The van der Waals surface area contributed by atoms with Gasteiger partial charge in [0, 0.05) is 25.3 Å². The van der Waals surface area contributed by atoms with Crippen LogP contribution in [0.25, 0.3) is 0 Å². The number of methoxy groups -OCH3 is 1. The maximum Gasteiger partial charge on any atom is 0.225 e. The number of rotatable bonds is 9. The van der Waals surface area contributed by atoms with E-state index in [4.69, 9.17) is 4.74 Å². The normalized spacial score (nSPS) is 13.7. The Bertz CT molecular complexity index is 443. The number of ether oxygens (including phenoxy) is 1. The largest absolute Gasteiger partial charge is 0.391 e. The number of carbonyl (C=O) groups is 1. The molecule has 1 amide bonds. The lowest BCUT2D eigenvalue weighted by molar-refractivity contribution is -0.116. The number of benzene rings is 1. The molecule has 0 saturated carbocycles. The molecular formula is C15H23FN2O3. The number of aliphatic hydroxyl groups is 1. The van der Waals surface area contributed by atoms with Crippen LogP contribution in [0.1, 0.15) is 19.8 Å². The van der Waals surface area contributed by atoms with Crippen LogP contribution in [-0.4, -0.2) is 43.4 Å². The number of nitrogens with one attached hydrogen (secondary N) is 2. The predicted molar refractivity (Wildman–Crippen MR) is 79.6 cm³/mol. The zero-order valence-electron chi connectivity index (χ0n) is 12.4. The Morgan fingerprint density at radius 2 is 2.24 bits per heavy atom. The summed E-state index contributed by atoms with van der Waals surface area (Å²) in [4.78, 5) is 11.8. The summed E-state index contributed by atoms with van der Waals surface area (Å²) in [5, 5.41) is 15.3. The van der Waals surface area contributed by atoms with Crippen LogP contribution in [-0.2, 0) is 9.53 Å². The molecule has 0 aromatic heterocycles. The summed E-state index contributed by atoms with van der Waals surface area (Å²) in [6.45, 7) is 2.78. The van der Waals surface area contributed by atoms with E-state index in [9.17, 15) is 14.3 Å². The lowest BCUT2D eigenvalue weighted by Crippen LogP contribution is -2.33. The van der Waals surface area contributed by atoms with Crippen LogP contribution in [0.2, 0.25) is 0 Å². The zero-order chi connectivity index (χ0) is 15.7. The summed E-state index contributed by atoms with van der Waals surface area (Å²) in [5.74, 6) is -0.566. The van der Waals surface area contributed by atoms with Crippen LogP contribution in [0.4, 0.5) is 10.1 Å². The monoisotopic (exact) mass is 298 g/mol. The molecule has 2 unspecified atom stereocenters. The molecule has 0 saturated heterocycles. The molecule has 5 nitrogen and oxygen atoms in total. The number of anilines is 1. The Morgan fingerprint density at radius 1 is 1.48 bits per heavy atom. The van der Waals surface area contributed by atoms with E-state index in [-0.39, 0.29) is 24.2 Å². The SMILES string of the molecule is COCC(O)CCNC(C)CC(=O)Nc1cccc(F)c1. The van der Waals surface area contributed by atoms with Gasteiger partial charge < -0.3 is 20.5 Å². The summed E-state index contributed by atoms with van der Waals surface area (Å²) in [7, 11) is 1.54. The fourth-order valence-electron chi connectivity index (χ4n) is 1.90. The predicted octanol–water partition coefficient (Wildman–Crippen LogP) is 1.53. The summed E-state index contributed by atoms with van der Waals surface area (Å²) < 4.78 is 17.8. The summed E-state index contributed by atoms with van der Waals surface area (Å²) >= 11 is 0. The summed E-state index contributed by atoms with van der Waals surface area (Å²) in [5.41, 5.74) is 0.447. The minimum atomic E-state index is -0.504. The topological polar surface area (TPSA) is 70.6 Å². The van der Waals surface area contributed by atoms with E-state index in [1.807, 2.05) is 6.92 Å². The average Bonchev–Trinajstić information content (AvgIpc) is 2.38. The van der Waals surface area contributed by atoms with Crippen molar-refractivity contribution < 1.29 is 19.0 Å². The van der Waals surface area contributed by atoms with E-state index < -0.39 is 6.10 Å². The van der Waals surface area contributed by atoms with Crippen LogP contribution < -0.4 is 10.6 Å². The molecular weight excluding hydrogens is 275 g/mol. The van der Waals surface area contributed by atoms with Gasteiger partial charge in [-0.3, -0.25) is 4.79 Å². The first-order chi connectivity index (χ1) is 10.0. The lowest BCUT2D eigenvalue weighted by atomic mass is 10.2. The van der Waals surface area contributed by atoms with Crippen molar-refractivity contribution in [1.29, 1.82) is 0 Å². The van der Waals surface area contributed by atoms with Gasteiger partial charge in [-0.1, -0.05) is 6.07 Å². The van der Waals surface area contributed by atoms with Gasteiger partial charge in [-0.25, -0.2) is 4.39 Å². The molecule has 6 heteroatoms. The molecule has 0 bridgehead atoms. The molecule has 0 aliphatic heterocycles. The van der Waals surface area contributed by atoms with E-state index in [1.165, 1.54) is 19.2 Å². The smallest absolute Gasteiger partial charge is 0.225 e. The van der Waals surface area contributed by atoms with E-state index in [2.05, 4.69) is 10.6 Å². The number of amides is 1. The second kappa shape index (κ2) is 9.44. The minimum absolute atomic E-state index is 0.0340. The van der Waals surface area contributed by atoms with Crippen molar-refractivity contribution in [2.45, 2.75) is 31.9 Å². The van der Waals surface area contributed by atoms with Gasteiger partial charge in [-0.2, -0.15) is 0 Å². The molecule has 3 N–H and O–H groups in total. The number of aliphatic hydroxyl groups excluding tert-OH is 1. The van der Waals surface area contributed by atoms with Crippen molar-refractivity contribution in [3.63, 3.8) is 0 Å². The quantitative estimate of drug-likeness (QED) is 0.646. The molecule has 0 fully saturated rings. The highest BCUT2D eigenvalue weighted by molar-refractivity contribution is 5.91. The summed E-state index contributed by atoms with van der Waals surface area (Å²) in [6.07, 6.45) is 0.330. The van der Waals surface area contributed by atoms with Crippen molar-refractivity contribution in [1.82, 2.24) is 5.32 Å². The van der Waals surface area contributed by atoms with Gasteiger partial charge in [0.25, 0.3) is 0 Å². The number of halogens is 1. The van der Waals surface area contributed by atoms with E-state index in [1.54, 1.807) is 12.1 Å². The Morgan fingerprint density at radius 3 is 2.90 bits per heavy atom. The first-order valence-corrected chi connectivity index (χ1v) is 6.97. The Balaban J connectivity index is 2.24. The third kappa shape index (κ3) is 7.75. The van der Waals surface area contributed by atoms with Crippen molar-refractivity contribution in [3.8, 4) is 0 Å². The lowest BCUT2D eigenvalue weighted by Gasteiger charge is -2.15. The fraction of sp³-hybridized carbons (Fsp3) is 0.533. The second-order valence-electron chi connectivity index (χ2n) is 5.02. The van der Waals surface area contributed by atoms with Crippen molar-refractivity contribution in [2.75, 3.05) is 25.6 Å². The molecule has 0 radical (unpaired) electrons. The third-order valence-corrected chi connectivity index (χ3v) is 2.93. The maximum atomic E-state index is 13.0. The zero-order valence-corrected chi connectivity index (χ0v) is 12.4. The molecule has 1 rings (SSSR count). The molecule has 0 heterocycles. The Hall–Kier alpha value is -1.50. The molecule has 0 aliphatic carbocycles. The molecule has 0 spiro atoms. The van der Waals surface area contributed by atoms with Gasteiger partial charge in [0.2, 0.25) is 5.91 Å². The van der Waals surface area contributed by atoms with Crippen LogP contribution in [0.5, 0.6) is 0 Å². The second-order valence-corrected chi connectivity index (χ2v) is 5.02. The van der Waals surface area contributed by atoms with Gasteiger partial charge in [0.1, 0.15) is 5.82 Å². The first-order valence-electron chi connectivity index (χ1n) is 6.97. The molecule has 2 atom stereocenters. The molecule has 118 valence electrons. The van der Waals surface area contributed by atoms with Gasteiger partial charge >= 0.3 is 0 Å². The van der Waals surface area contributed by atoms with E-state index in [0.717, 1.165) is 0 Å². The molecule has 1 aromatic carbocycles. The molecule has 1 aromatic rings. The van der Waals surface area contributed by atoms with E-state index >= 15 is 0 Å². The van der Waals surface area contributed by atoms with Crippen LogP contribution in [0.15, 0.2) is 24.3 Å². The van der Waals surface area contributed by atoms with Crippen LogP contribution in [0, 0.1) is 5.82 Å². The van der Waals surface area contributed by atoms with E-state index in [0.29, 0.717) is 25.3 Å². The molecule has 0 aliphatic rings.